The zero-order valence-corrected chi connectivity index (χ0v) is 27.3. The molecule has 0 spiro atoms. The lowest BCUT2D eigenvalue weighted by Gasteiger charge is -2.39. The van der Waals surface area contributed by atoms with Crippen LogP contribution in [0.5, 0.6) is 0 Å². The van der Waals surface area contributed by atoms with Crippen molar-refractivity contribution in [2.45, 2.75) is 145 Å². The molecule has 1 aromatic rings. The van der Waals surface area contributed by atoms with Crippen molar-refractivity contribution in [3.8, 4) is 0 Å². The molecule has 7 heteroatoms. The van der Waals surface area contributed by atoms with Crippen molar-refractivity contribution in [1.29, 1.82) is 0 Å². The number of nitrogens with zero attached hydrogens (tertiary/aromatic N) is 1. The minimum Gasteiger partial charge on any atom is -0.444 e. The molecule has 0 aliphatic heterocycles. The maximum Gasteiger partial charge on any atom is 0.408 e. The van der Waals surface area contributed by atoms with Gasteiger partial charge in [0.25, 0.3) is 0 Å². The van der Waals surface area contributed by atoms with E-state index in [1.807, 2.05) is 53.7 Å². The van der Waals surface area contributed by atoms with Crippen molar-refractivity contribution in [2.24, 2.45) is 11.8 Å². The zero-order valence-electron chi connectivity index (χ0n) is 27.3. The van der Waals surface area contributed by atoms with Crippen LogP contribution in [-0.4, -0.2) is 46.5 Å². The first-order valence-electron chi connectivity index (χ1n) is 15.1. The van der Waals surface area contributed by atoms with Crippen LogP contribution in [0.15, 0.2) is 18.2 Å². The van der Waals surface area contributed by atoms with Crippen molar-refractivity contribution in [3.63, 3.8) is 0 Å². The van der Waals surface area contributed by atoms with Crippen molar-refractivity contribution in [1.82, 2.24) is 15.5 Å². The van der Waals surface area contributed by atoms with E-state index in [1.54, 1.807) is 25.7 Å². The van der Waals surface area contributed by atoms with Gasteiger partial charge in [-0.15, -0.1) is 0 Å². The normalized spacial score (nSPS) is 14.8. The van der Waals surface area contributed by atoms with Crippen LogP contribution in [0.25, 0.3) is 0 Å². The maximum atomic E-state index is 14.5. The lowest BCUT2D eigenvalue weighted by Crippen LogP contribution is -2.56. The van der Waals surface area contributed by atoms with E-state index in [1.165, 1.54) is 0 Å². The Morgan fingerprint density at radius 1 is 0.850 bits per heavy atom. The molecule has 0 aliphatic carbocycles. The fourth-order valence-electron chi connectivity index (χ4n) is 5.07. The largest absolute Gasteiger partial charge is 0.444 e. The number of hydrogen-bond donors (Lipinski definition) is 2. The number of carbonyl (C=O) groups excluding carboxylic acids is 3. The minimum atomic E-state index is -0.831. The molecule has 2 N–H and O–H groups in total. The van der Waals surface area contributed by atoms with Crippen LogP contribution >= 0.6 is 0 Å². The highest BCUT2D eigenvalue weighted by molar-refractivity contribution is 5.92. The van der Waals surface area contributed by atoms with Gasteiger partial charge in [-0.1, -0.05) is 70.4 Å². The Balaban J connectivity index is 3.71. The molecule has 0 radical (unpaired) electrons. The third kappa shape index (κ3) is 12.3. The number of aryl methyl sites for hydroxylation is 2. The summed E-state index contributed by atoms with van der Waals surface area (Å²) in [6.45, 7) is 23.9. The number of benzene rings is 1. The standard InChI is InChI=1S/C33H57N3O4/c1-13-14-25(8)34-30(37)29(27-19-23(6)18-24(7)20-27)36(26(9)16-15-21(2)3)31(38)28(17-22(4)5)35-32(39)40-33(10,11)12/h18-22,25-26,28-29H,13-17H2,1-12H3,(H,34,37)(H,35,39). The van der Waals surface area contributed by atoms with Crippen LogP contribution in [0.1, 0.15) is 124 Å². The van der Waals surface area contributed by atoms with Gasteiger partial charge in [-0.05, 0) is 91.5 Å². The quantitative estimate of drug-likeness (QED) is 0.251. The van der Waals surface area contributed by atoms with Gasteiger partial charge in [-0.3, -0.25) is 9.59 Å². The fourth-order valence-corrected chi connectivity index (χ4v) is 5.07. The summed E-state index contributed by atoms with van der Waals surface area (Å²) in [5.41, 5.74) is 2.14. The molecule has 0 saturated heterocycles. The Morgan fingerprint density at radius 2 is 1.43 bits per heavy atom. The molecule has 0 aliphatic rings. The summed E-state index contributed by atoms with van der Waals surface area (Å²) in [6, 6.07) is 4.14. The molecular weight excluding hydrogens is 502 g/mol. The van der Waals surface area contributed by atoms with E-state index >= 15 is 0 Å². The predicted octanol–water partition coefficient (Wildman–Crippen LogP) is 7.24. The molecule has 0 fully saturated rings. The van der Waals surface area contributed by atoms with Crippen molar-refractivity contribution in [2.75, 3.05) is 0 Å². The summed E-state index contributed by atoms with van der Waals surface area (Å²) >= 11 is 0. The first kappa shape index (κ1) is 35.5. The summed E-state index contributed by atoms with van der Waals surface area (Å²) in [5.74, 6) is 0.119. The van der Waals surface area contributed by atoms with Gasteiger partial charge in [-0.2, -0.15) is 0 Å². The topological polar surface area (TPSA) is 87.7 Å². The molecule has 7 nitrogen and oxygen atoms in total. The number of carbonyl (C=O) groups is 3. The average molecular weight is 560 g/mol. The molecule has 1 aromatic carbocycles. The number of hydrogen-bond acceptors (Lipinski definition) is 4. The van der Waals surface area contributed by atoms with Crippen LogP contribution in [-0.2, 0) is 14.3 Å². The molecule has 3 amide bonds. The Labute approximate surface area is 244 Å². The lowest BCUT2D eigenvalue weighted by atomic mass is 9.93. The predicted molar refractivity (Wildman–Crippen MR) is 164 cm³/mol. The third-order valence-electron chi connectivity index (χ3n) is 6.78. The Hall–Kier alpha value is -2.57. The SMILES string of the molecule is CCCC(C)NC(=O)C(c1cc(C)cc(C)c1)N(C(=O)C(CC(C)C)NC(=O)OC(C)(C)C)C(C)CCC(C)C. The second-order valence-corrected chi connectivity index (χ2v) is 13.4. The summed E-state index contributed by atoms with van der Waals surface area (Å²) in [7, 11) is 0. The smallest absolute Gasteiger partial charge is 0.408 e. The molecule has 0 bridgehead atoms. The summed E-state index contributed by atoms with van der Waals surface area (Å²) in [4.78, 5) is 43.2. The van der Waals surface area contributed by atoms with E-state index in [0.29, 0.717) is 12.3 Å². The Bertz CT molecular complexity index is 947. The van der Waals surface area contributed by atoms with E-state index in [-0.39, 0.29) is 29.8 Å². The average Bonchev–Trinajstić information content (AvgIpc) is 2.77. The lowest BCUT2D eigenvalue weighted by molar-refractivity contribution is -0.145. The molecule has 4 unspecified atom stereocenters. The zero-order chi connectivity index (χ0) is 30.8. The van der Waals surface area contributed by atoms with Gasteiger partial charge in [0.2, 0.25) is 11.8 Å². The highest BCUT2D eigenvalue weighted by atomic mass is 16.6. The number of rotatable bonds is 14. The molecule has 40 heavy (non-hydrogen) atoms. The molecular formula is C33H57N3O4. The van der Waals surface area contributed by atoms with E-state index in [9.17, 15) is 14.4 Å². The molecule has 0 heterocycles. The summed E-state index contributed by atoms with van der Waals surface area (Å²) < 4.78 is 5.52. The van der Waals surface area contributed by atoms with E-state index in [4.69, 9.17) is 4.74 Å². The van der Waals surface area contributed by atoms with Gasteiger partial charge in [0.15, 0.2) is 0 Å². The molecule has 0 saturated carbocycles. The minimum absolute atomic E-state index is 0.0276. The number of nitrogens with one attached hydrogen (secondary N) is 2. The third-order valence-corrected chi connectivity index (χ3v) is 6.78. The van der Waals surface area contributed by atoms with Crippen LogP contribution in [0, 0.1) is 25.7 Å². The van der Waals surface area contributed by atoms with Crippen LogP contribution in [0.2, 0.25) is 0 Å². The first-order chi connectivity index (χ1) is 18.4. The summed E-state index contributed by atoms with van der Waals surface area (Å²) in [6.07, 6.45) is 3.23. The number of ether oxygens (including phenoxy) is 1. The Kier molecular flexibility index (Phi) is 14.2. The van der Waals surface area contributed by atoms with Gasteiger partial charge in [-0.25, -0.2) is 4.79 Å². The number of amides is 3. The van der Waals surface area contributed by atoms with Gasteiger partial charge >= 0.3 is 6.09 Å². The van der Waals surface area contributed by atoms with E-state index in [2.05, 4.69) is 37.5 Å². The fraction of sp³-hybridized carbons (Fsp3) is 0.727. The van der Waals surface area contributed by atoms with Crippen molar-refractivity contribution >= 4 is 17.9 Å². The molecule has 228 valence electrons. The molecule has 0 aromatic heterocycles. The maximum absolute atomic E-state index is 14.5. The molecule has 1 rings (SSSR count). The van der Waals surface area contributed by atoms with E-state index < -0.39 is 23.8 Å². The number of alkyl carbamates (subject to hydrolysis) is 1. The van der Waals surface area contributed by atoms with Crippen LogP contribution in [0.3, 0.4) is 0 Å². The highest BCUT2D eigenvalue weighted by Crippen LogP contribution is 2.30. The highest BCUT2D eigenvalue weighted by Gasteiger charge is 2.39. The van der Waals surface area contributed by atoms with E-state index in [0.717, 1.165) is 42.4 Å². The second kappa shape index (κ2) is 16.0. The van der Waals surface area contributed by atoms with Gasteiger partial charge < -0.3 is 20.3 Å². The van der Waals surface area contributed by atoms with Crippen LogP contribution in [0.4, 0.5) is 4.79 Å². The van der Waals surface area contributed by atoms with Crippen LogP contribution < -0.4 is 10.6 Å². The second-order valence-electron chi connectivity index (χ2n) is 13.4. The van der Waals surface area contributed by atoms with Crippen molar-refractivity contribution in [3.05, 3.63) is 34.9 Å². The first-order valence-corrected chi connectivity index (χ1v) is 15.1. The monoisotopic (exact) mass is 559 g/mol. The van der Waals surface area contributed by atoms with Crippen molar-refractivity contribution < 1.29 is 19.1 Å². The summed E-state index contributed by atoms with van der Waals surface area (Å²) in [5, 5.41) is 6.03. The Morgan fingerprint density at radius 3 is 1.90 bits per heavy atom. The van der Waals surface area contributed by atoms with Gasteiger partial charge in [0.05, 0.1) is 0 Å². The van der Waals surface area contributed by atoms with Gasteiger partial charge in [0.1, 0.15) is 17.7 Å². The molecule has 4 atom stereocenters. The van der Waals surface area contributed by atoms with Gasteiger partial charge in [0, 0.05) is 12.1 Å².